The maximum absolute atomic E-state index is 6.07. The van der Waals surface area contributed by atoms with Gasteiger partial charge in [0, 0.05) is 0 Å². The Labute approximate surface area is 153 Å². The van der Waals surface area contributed by atoms with Crippen molar-refractivity contribution in [2.24, 2.45) is 15.4 Å². The largest absolute Gasteiger partial charge is 0.478 e. The summed E-state index contributed by atoms with van der Waals surface area (Å²) in [6, 6.07) is 20.9. The molecular weight excluding hydrogens is 324 g/mol. The molecule has 3 aliphatic rings. The Morgan fingerprint density at radius 1 is 0.692 bits per heavy atom. The van der Waals surface area contributed by atoms with Gasteiger partial charge in [0.1, 0.15) is 30.7 Å². The molecule has 4 heteroatoms. The number of ether oxygens (including phenoxy) is 2. The molecule has 0 unspecified atom stereocenters. The van der Waals surface area contributed by atoms with Crippen molar-refractivity contribution in [2.45, 2.75) is 31.3 Å². The van der Waals surface area contributed by atoms with E-state index in [2.05, 4.69) is 48.5 Å². The van der Waals surface area contributed by atoms with E-state index in [1.165, 1.54) is 11.1 Å². The molecular formula is C22H22N2O2. The van der Waals surface area contributed by atoms with Crippen LogP contribution >= 0.6 is 0 Å². The van der Waals surface area contributed by atoms with Gasteiger partial charge in [0.15, 0.2) is 11.8 Å². The number of benzene rings is 2. The van der Waals surface area contributed by atoms with E-state index >= 15 is 0 Å². The lowest BCUT2D eigenvalue weighted by Crippen LogP contribution is -2.45. The van der Waals surface area contributed by atoms with Gasteiger partial charge in [-0.2, -0.15) is 0 Å². The van der Waals surface area contributed by atoms with E-state index < -0.39 is 0 Å². The molecule has 5 rings (SSSR count). The van der Waals surface area contributed by atoms with Gasteiger partial charge in [-0.3, -0.25) is 0 Å². The van der Waals surface area contributed by atoms with Gasteiger partial charge in [0.05, 0.1) is 0 Å². The van der Waals surface area contributed by atoms with Crippen LogP contribution in [0.3, 0.4) is 0 Å². The van der Waals surface area contributed by atoms with Crippen molar-refractivity contribution in [3.05, 3.63) is 71.8 Å². The number of hydrogen-bond acceptors (Lipinski definition) is 4. The minimum atomic E-state index is -0.243. The fourth-order valence-corrected chi connectivity index (χ4v) is 4.01. The van der Waals surface area contributed by atoms with E-state index in [0.29, 0.717) is 13.2 Å². The normalized spacial score (nSPS) is 26.3. The zero-order chi connectivity index (χ0) is 17.4. The predicted octanol–water partition coefficient (Wildman–Crippen LogP) is 4.50. The van der Waals surface area contributed by atoms with E-state index in [9.17, 15) is 0 Å². The summed E-state index contributed by atoms with van der Waals surface area (Å²) >= 11 is 0. The molecule has 2 heterocycles. The number of rotatable bonds is 4. The zero-order valence-corrected chi connectivity index (χ0v) is 14.7. The topological polar surface area (TPSA) is 43.2 Å². The second-order valence-corrected chi connectivity index (χ2v) is 7.28. The van der Waals surface area contributed by atoms with Crippen LogP contribution in [0.5, 0.6) is 0 Å². The molecule has 0 radical (unpaired) electrons. The Kier molecular flexibility index (Phi) is 3.77. The van der Waals surface area contributed by atoms with Crippen molar-refractivity contribution in [2.75, 3.05) is 13.2 Å². The smallest absolute Gasteiger partial charge is 0.200 e. The van der Waals surface area contributed by atoms with E-state index in [0.717, 1.165) is 31.1 Å². The number of nitrogens with zero attached hydrogens (tertiary/aromatic N) is 2. The molecule has 0 amide bonds. The first kappa shape index (κ1) is 15.6. The summed E-state index contributed by atoms with van der Waals surface area (Å²) in [4.78, 5) is 9.86. The van der Waals surface area contributed by atoms with E-state index in [1.807, 2.05) is 12.1 Å². The zero-order valence-electron chi connectivity index (χ0n) is 14.7. The van der Waals surface area contributed by atoms with Gasteiger partial charge < -0.3 is 9.47 Å². The Morgan fingerprint density at radius 2 is 1.15 bits per heavy atom. The van der Waals surface area contributed by atoms with Gasteiger partial charge in [0.2, 0.25) is 0 Å². The molecule has 132 valence electrons. The predicted molar refractivity (Wildman–Crippen MR) is 101 cm³/mol. The van der Waals surface area contributed by atoms with E-state index in [1.54, 1.807) is 0 Å². The Morgan fingerprint density at radius 3 is 1.54 bits per heavy atom. The first-order valence-electron chi connectivity index (χ1n) is 9.37. The molecule has 0 spiro atoms. The standard InChI is InChI=1S/C22H22N2O2/c1-3-8-16(9-4-1)18-14-25-20(23-18)22(12-7-13-22)21-24-19(15-26-21)17-10-5-2-6-11-17/h1-6,8-11,18-19H,7,12-15H2/t18-,19-/m1/s1. The molecule has 2 aromatic rings. The second-order valence-electron chi connectivity index (χ2n) is 7.28. The fourth-order valence-electron chi connectivity index (χ4n) is 4.01. The third kappa shape index (κ3) is 2.52. The maximum Gasteiger partial charge on any atom is 0.200 e. The van der Waals surface area contributed by atoms with Gasteiger partial charge in [-0.15, -0.1) is 0 Å². The third-order valence-electron chi connectivity index (χ3n) is 5.70. The van der Waals surface area contributed by atoms with Gasteiger partial charge in [0.25, 0.3) is 0 Å². The molecule has 26 heavy (non-hydrogen) atoms. The summed E-state index contributed by atoms with van der Waals surface area (Å²) in [6.07, 6.45) is 3.18. The molecule has 0 N–H and O–H groups in total. The molecule has 0 saturated heterocycles. The summed E-state index contributed by atoms with van der Waals surface area (Å²) in [5, 5.41) is 0. The molecule has 0 bridgehead atoms. The summed E-state index contributed by atoms with van der Waals surface area (Å²) in [6.45, 7) is 1.22. The lowest BCUT2D eigenvalue weighted by molar-refractivity contribution is 0.195. The molecule has 2 aromatic carbocycles. The van der Waals surface area contributed by atoms with Crippen LogP contribution in [0.25, 0.3) is 0 Å². The summed E-state index contributed by atoms with van der Waals surface area (Å²) < 4.78 is 12.1. The lowest BCUT2D eigenvalue weighted by atomic mass is 9.68. The molecule has 0 aromatic heterocycles. The molecule has 1 saturated carbocycles. The Hall–Kier alpha value is -2.62. The quantitative estimate of drug-likeness (QED) is 0.818. The van der Waals surface area contributed by atoms with Crippen molar-refractivity contribution < 1.29 is 9.47 Å². The van der Waals surface area contributed by atoms with Crippen LogP contribution in [-0.4, -0.2) is 25.0 Å². The highest BCUT2D eigenvalue weighted by Gasteiger charge is 2.53. The van der Waals surface area contributed by atoms with Crippen molar-refractivity contribution in [1.29, 1.82) is 0 Å². The second kappa shape index (κ2) is 6.27. The highest BCUT2D eigenvalue weighted by molar-refractivity contribution is 6.07. The fraction of sp³-hybridized carbons (Fsp3) is 0.364. The first-order valence-corrected chi connectivity index (χ1v) is 9.37. The number of hydrogen-bond donors (Lipinski definition) is 0. The Balaban J connectivity index is 1.42. The maximum atomic E-state index is 6.07. The monoisotopic (exact) mass is 346 g/mol. The minimum absolute atomic E-state index is 0.0793. The Bertz CT molecular complexity index is 773. The SMILES string of the molecule is c1ccc([C@H]2COC(C3(C4=N[C@@H](c5ccccc5)CO4)CCC3)=N2)cc1. The van der Waals surface area contributed by atoms with Crippen LogP contribution in [0.1, 0.15) is 42.5 Å². The van der Waals surface area contributed by atoms with Crippen LogP contribution < -0.4 is 0 Å². The highest BCUT2D eigenvalue weighted by Crippen LogP contribution is 2.48. The van der Waals surface area contributed by atoms with Crippen molar-refractivity contribution in [3.8, 4) is 0 Å². The van der Waals surface area contributed by atoms with Gasteiger partial charge in [-0.1, -0.05) is 67.1 Å². The van der Waals surface area contributed by atoms with Crippen LogP contribution in [0, 0.1) is 5.41 Å². The van der Waals surface area contributed by atoms with E-state index in [4.69, 9.17) is 19.5 Å². The molecule has 2 atom stereocenters. The van der Waals surface area contributed by atoms with E-state index in [-0.39, 0.29) is 17.5 Å². The van der Waals surface area contributed by atoms with Crippen LogP contribution in [0.4, 0.5) is 0 Å². The number of aliphatic imine (C=N–C) groups is 2. The van der Waals surface area contributed by atoms with Crippen molar-refractivity contribution >= 4 is 11.8 Å². The van der Waals surface area contributed by atoms with Gasteiger partial charge in [-0.25, -0.2) is 9.98 Å². The highest BCUT2D eigenvalue weighted by atomic mass is 16.5. The van der Waals surface area contributed by atoms with Gasteiger partial charge >= 0.3 is 0 Å². The lowest BCUT2D eigenvalue weighted by Gasteiger charge is -2.39. The average Bonchev–Trinajstić information content (AvgIpc) is 3.33. The summed E-state index contributed by atoms with van der Waals surface area (Å²) in [5.41, 5.74) is 2.16. The van der Waals surface area contributed by atoms with Crippen LogP contribution in [0.2, 0.25) is 0 Å². The summed E-state index contributed by atoms with van der Waals surface area (Å²) in [5.74, 6) is 1.65. The molecule has 1 fully saturated rings. The van der Waals surface area contributed by atoms with Crippen LogP contribution in [-0.2, 0) is 9.47 Å². The summed E-state index contributed by atoms with van der Waals surface area (Å²) in [7, 11) is 0. The first-order chi connectivity index (χ1) is 12.9. The third-order valence-corrected chi connectivity index (χ3v) is 5.70. The molecule has 4 nitrogen and oxygen atoms in total. The molecule has 1 aliphatic carbocycles. The van der Waals surface area contributed by atoms with Gasteiger partial charge in [-0.05, 0) is 24.0 Å². The minimum Gasteiger partial charge on any atom is -0.478 e. The van der Waals surface area contributed by atoms with Crippen LogP contribution in [0.15, 0.2) is 70.6 Å². The molecule has 2 aliphatic heterocycles. The van der Waals surface area contributed by atoms with Crippen molar-refractivity contribution in [1.82, 2.24) is 0 Å². The average molecular weight is 346 g/mol. The van der Waals surface area contributed by atoms with Crippen molar-refractivity contribution in [3.63, 3.8) is 0 Å².